The molecule has 0 radical (unpaired) electrons. The third-order valence-electron chi connectivity index (χ3n) is 4.75. The van der Waals surface area contributed by atoms with E-state index in [2.05, 4.69) is 32.6 Å². The van der Waals surface area contributed by atoms with Crippen LogP contribution in [0.1, 0.15) is 53.4 Å². The van der Waals surface area contributed by atoms with Gasteiger partial charge in [0.2, 0.25) is 0 Å². The Morgan fingerprint density at radius 2 is 1.80 bits per heavy atom. The van der Waals surface area contributed by atoms with Crippen LogP contribution in [0.3, 0.4) is 0 Å². The number of hydrogen-bond donors (Lipinski definition) is 0. The van der Waals surface area contributed by atoms with Gasteiger partial charge in [0, 0.05) is 12.1 Å². The van der Waals surface area contributed by atoms with Gasteiger partial charge in [0.05, 0.1) is 0 Å². The minimum absolute atomic E-state index is 0.739. The highest BCUT2D eigenvalue weighted by atomic mass is 15.2. The van der Waals surface area contributed by atoms with Crippen molar-refractivity contribution in [3.63, 3.8) is 0 Å². The molecule has 4 atom stereocenters. The zero-order valence-corrected chi connectivity index (χ0v) is 10.9. The maximum absolute atomic E-state index is 2.80. The molecular formula is C14H27N. The highest BCUT2D eigenvalue weighted by molar-refractivity contribution is 4.95. The molecule has 1 saturated heterocycles. The van der Waals surface area contributed by atoms with Crippen LogP contribution in [0.2, 0.25) is 0 Å². The molecule has 1 heterocycles. The van der Waals surface area contributed by atoms with Gasteiger partial charge in [-0.3, -0.25) is 4.90 Å². The van der Waals surface area contributed by atoms with Crippen LogP contribution in [0.5, 0.6) is 0 Å². The minimum Gasteiger partial charge on any atom is -0.297 e. The summed E-state index contributed by atoms with van der Waals surface area (Å²) >= 11 is 0. The first-order valence-corrected chi connectivity index (χ1v) is 6.87. The number of rotatable bonds is 1. The molecule has 0 spiro atoms. The van der Waals surface area contributed by atoms with Crippen molar-refractivity contribution in [2.75, 3.05) is 6.54 Å². The molecule has 1 heteroatoms. The molecule has 0 bridgehead atoms. The number of hydrogen-bond acceptors (Lipinski definition) is 1. The largest absolute Gasteiger partial charge is 0.297 e. The quantitative estimate of drug-likeness (QED) is 0.638. The normalized spacial score (nSPS) is 43.0. The first kappa shape index (κ1) is 11.4. The van der Waals surface area contributed by atoms with Crippen LogP contribution in [0.25, 0.3) is 0 Å². The molecule has 15 heavy (non-hydrogen) atoms. The van der Waals surface area contributed by atoms with E-state index < -0.39 is 0 Å². The van der Waals surface area contributed by atoms with Gasteiger partial charge in [-0.15, -0.1) is 0 Å². The number of nitrogens with zero attached hydrogens (tertiary/aromatic N) is 1. The van der Waals surface area contributed by atoms with Crippen LogP contribution < -0.4 is 0 Å². The van der Waals surface area contributed by atoms with Crippen LogP contribution in [0.4, 0.5) is 0 Å². The molecule has 0 amide bonds. The molecule has 0 N–H and O–H groups in total. The van der Waals surface area contributed by atoms with E-state index in [1.54, 1.807) is 0 Å². The zero-order valence-electron chi connectivity index (χ0n) is 10.9. The zero-order chi connectivity index (χ0) is 11.0. The molecule has 1 aliphatic carbocycles. The van der Waals surface area contributed by atoms with Crippen molar-refractivity contribution in [1.82, 2.24) is 4.90 Å². The molecule has 1 aliphatic heterocycles. The Kier molecular flexibility index (Phi) is 3.39. The van der Waals surface area contributed by atoms with Crippen LogP contribution in [0.15, 0.2) is 0 Å². The smallest absolute Gasteiger partial charge is 0.0154 e. The molecule has 2 aliphatic rings. The number of likely N-dealkylation sites (tertiary alicyclic amines) is 1. The Morgan fingerprint density at radius 3 is 2.47 bits per heavy atom. The SMILES string of the molecule is CC1CC(C)C2C1CCCCN2C(C)C. The summed E-state index contributed by atoms with van der Waals surface area (Å²) in [6.07, 6.45) is 5.82. The van der Waals surface area contributed by atoms with Crippen LogP contribution in [0, 0.1) is 17.8 Å². The Bertz CT molecular complexity index is 211. The van der Waals surface area contributed by atoms with E-state index in [4.69, 9.17) is 0 Å². The summed E-state index contributed by atoms with van der Waals surface area (Å²) in [4.78, 5) is 2.80. The van der Waals surface area contributed by atoms with Gasteiger partial charge in [-0.25, -0.2) is 0 Å². The highest BCUT2D eigenvalue weighted by Crippen LogP contribution is 2.44. The molecule has 1 nitrogen and oxygen atoms in total. The van der Waals surface area contributed by atoms with Gasteiger partial charge in [0.25, 0.3) is 0 Å². The first-order valence-electron chi connectivity index (χ1n) is 6.87. The Labute approximate surface area is 95.2 Å². The molecule has 4 unspecified atom stereocenters. The lowest BCUT2D eigenvalue weighted by molar-refractivity contribution is 0.104. The molecular weight excluding hydrogens is 182 g/mol. The summed E-state index contributed by atoms with van der Waals surface area (Å²) in [6.45, 7) is 11.0. The van der Waals surface area contributed by atoms with Crippen molar-refractivity contribution in [3.8, 4) is 0 Å². The van der Waals surface area contributed by atoms with Crippen LogP contribution in [-0.4, -0.2) is 23.5 Å². The first-order chi connectivity index (χ1) is 7.11. The standard InChI is InChI=1S/C14H27N/c1-10(2)15-8-6-5-7-13-11(3)9-12(4)14(13)15/h10-14H,5-9H2,1-4H3. The summed E-state index contributed by atoms with van der Waals surface area (Å²) in [7, 11) is 0. The predicted octanol–water partition coefficient (Wildman–Crippen LogP) is 3.54. The van der Waals surface area contributed by atoms with Gasteiger partial charge in [-0.05, 0) is 57.4 Å². The molecule has 1 saturated carbocycles. The van der Waals surface area contributed by atoms with Crippen molar-refractivity contribution in [2.45, 2.75) is 65.5 Å². The van der Waals surface area contributed by atoms with Gasteiger partial charge in [-0.1, -0.05) is 20.3 Å². The lowest BCUT2D eigenvalue weighted by atomic mass is 9.89. The van der Waals surface area contributed by atoms with E-state index in [0.717, 1.165) is 29.8 Å². The van der Waals surface area contributed by atoms with Crippen molar-refractivity contribution in [3.05, 3.63) is 0 Å². The lowest BCUT2D eigenvalue weighted by Crippen LogP contribution is -2.45. The molecule has 0 aromatic heterocycles. The van der Waals surface area contributed by atoms with Crippen molar-refractivity contribution < 1.29 is 0 Å². The summed E-state index contributed by atoms with van der Waals surface area (Å²) in [6, 6.07) is 1.63. The van der Waals surface area contributed by atoms with Gasteiger partial charge >= 0.3 is 0 Å². The monoisotopic (exact) mass is 209 g/mol. The fourth-order valence-electron chi connectivity index (χ4n) is 4.11. The van der Waals surface area contributed by atoms with Crippen LogP contribution in [-0.2, 0) is 0 Å². The van der Waals surface area contributed by atoms with Gasteiger partial charge in [0.1, 0.15) is 0 Å². The Morgan fingerprint density at radius 1 is 1.07 bits per heavy atom. The Balaban J connectivity index is 2.18. The van der Waals surface area contributed by atoms with Crippen molar-refractivity contribution in [2.24, 2.45) is 17.8 Å². The van der Waals surface area contributed by atoms with E-state index in [1.807, 2.05) is 0 Å². The van der Waals surface area contributed by atoms with E-state index in [9.17, 15) is 0 Å². The average molecular weight is 209 g/mol. The highest BCUT2D eigenvalue weighted by Gasteiger charge is 2.43. The topological polar surface area (TPSA) is 3.24 Å². The van der Waals surface area contributed by atoms with E-state index in [-0.39, 0.29) is 0 Å². The van der Waals surface area contributed by atoms with Crippen LogP contribution >= 0.6 is 0 Å². The summed E-state index contributed by atoms with van der Waals surface area (Å²) in [5.74, 6) is 2.87. The van der Waals surface area contributed by atoms with E-state index in [0.29, 0.717) is 0 Å². The molecule has 0 aromatic rings. The fraction of sp³-hybridized carbons (Fsp3) is 1.00. The van der Waals surface area contributed by atoms with Crippen molar-refractivity contribution >= 4 is 0 Å². The molecule has 2 fully saturated rings. The van der Waals surface area contributed by atoms with Gasteiger partial charge in [0.15, 0.2) is 0 Å². The van der Waals surface area contributed by atoms with Crippen molar-refractivity contribution in [1.29, 1.82) is 0 Å². The maximum atomic E-state index is 2.80. The molecule has 88 valence electrons. The maximum Gasteiger partial charge on any atom is 0.0154 e. The molecule has 2 rings (SSSR count). The summed E-state index contributed by atoms with van der Waals surface area (Å²) in [5, 5.41) is 0. The minimum atomic E-state index is 0.739. The second kappa shape index (κ2) is 4.45. The Hall–Kier alpha value is -0.0400. The van der Waals surface area contributed by atoms with Gasteiger partial charge < -0.3 is 0 Å². The third-order valence-corrected chi connectivity index (χ3v) is 4.75. The average Bonchev–Trinajstić information content (AvgIpc) is 2.40. The summed E-state index contributed by atoms with van der Waals surface area (Å²) < 4.78 is 0. The predicted molar refractivity (Wildman–Crippen MR) is 65.9 cm³/mol. The third kappa shape index (κ3) is 2.08. The fourth-order valence-corrected chi connectivity index (χ4v) is 4.11. The summed E-state index contributed by atoms with van der Waals surface area (Å²) in [5.41, 5.74) is 0. The van der Waals surface area contributed by atoms with E-state index >= 15 is 0 Å². The van der Waals surface area contributed by atoms with E-state index in [1.165, 1.54) is 32.2 Å². The van der Waals surface area contributed by atoms with Gasteiger partial charge in [-0.2, -0.15) is 0 Å². The second-order valence-corrected chi connectivity index (χ2v) is 6.17. The second-order valence-electron chi connectivity index (χ2n) is 6.17. The number of fused-ring (bicyclic) bond motifs is 1. The lowest BCUT2D eigenvalue weighted by Gasteiger charge is -2.37. The molecule has 0 aromatic carbocycles.